The molecule has 1 aliphatic rings. The maximum Gasteiger partial charge on any atom is 0.253 e. The number of nitrogens with one attached hydrogen (secondary N) is 1. The Bertz CT molecular complexity index is 876. The number of rotatable bonds is 13. The average Bonchev–Trinajstić information content (AvgIpc) is 3.27. The highest BCUT2D eigenvalue weighted by Crippen LogP contribution is 2.19. The van der Waals surface area contributed by atoms with Crippen molar-refractivity contribution in [1.29, 1.82) is 0 Å². The number of nitrogens with zero attached hydrogens (tertiary/aromatic N) is 1. The van der Waals surface area contributed by atoms with E-state index in [1.807, 2.05) is 52.0 Å². The minimum atomic E-state index is -0.607. The summed E-state index contributed by atoms with van der Waals surface area (Å²) in [6, 6.07) is 8.01. The largest absolute Gasteiger partial charge is 0.392 e. The highest BCUT2D eigenvalue weighted by Gasteiger charge is 2.32. The van der Waals surface area contributed by atoms with E-state index in [9.17, 15) is 19.2 Å². The van der Waals surface area contributed by atoms with Crippen molar-refractivity contribution in [2.75, 3.05) is 33.0 Å². The lowest BCUT2D eigenvalue weighted by Crippen LogP contribution is -2.46. The number of amides is 4. The summed E-state index contributed by atoms with van der Waals surface area (Å²) in [5.41, 5.74) is 10.3. The van der Waals surface area contributed by atoms with Crippen molar-refractivity contribution >= 4 is 24.1 Å². The van der Waals surface area contributed by atoms with Crippen LogP contribution >= 0.6 is 0 Å². The van der Waals surface area contributed by atoms with E-state index in [4.69, 9.17) is 19.7 Å². The summed E-state index contributed by atoms with van der Waals surface area (Å²) in [6.07, 6.45) is 6.26. The summed E-state index contributed by atoms with van der Waals surface area (Å²) in [4.78, 5) is 43.4. The lowest BCUT2D eigenvalue weighted by molar-refractivity contribution is -0.148. The van der Waals surface area contributed by atoms with Gasteiger partial charge in [-0.3, -0.25) is 24.1 Å². The first-order valence-corrected chi connectivity index (χ1v) is 14.4. The molecule has 0 aromatic heterocycles. The van der Waals surface area contributed by atoms with Gasteiger partial charge < -0.3 is 36.5 Å². The number of aliphatic hydroxyl groups is 2. The summed E-state index contributed by atoms with van der Waals surface area (Å²) >= 11 is 0. The summed E-state index contributed by atoms with van der Waals surface area (Å²) in [5, 5.41) is 18.1. The van der Waals surface area contributed by atoms with Crippen LogP contribution in [-0.4, -0.2) is 83.5 Å². The zero-order valence-electron chi connectivity index (χ0n) is 27.4. The molecular formula is C31H56N4O8. The maximum atomic E-state index is 11.5. The fourth-order valence-electron chi connectivity index (χ4n) is 2.83. The Hall–Kier alpha value is -3.16. The molecule has 248 valence electrons. The highest BCUT2D eigenvalue weighted by molar-refractivity contribution is 6.12. The average molecular weight is 613 g/mol. The summed E-state index contributed by atoms with van der Waals surface area (Å²) < 4.78 is 11.6. The van der Waals surface area contributed by atoms with Crippen LogP contribution in [0.4, 0.5) is 0 Å². The minimum Gasteiger partial charge on any atom is -0.392 e. The van der Waals surface area contributed by atoms with Crippen molar-refractivity contribution in [2.24, 2.45) is 11.5 Å². The lowest BCUT2D eigenvalue weighted by atomic mass is 10.1. The number of aryl methyl sites for hydroxylation is 1. The van der Waals surface area contributed by atoms with Gasteiger partial charge in [-0.25, -0.2) is 0 Å². The number of aliphatic hydroxyl groups excluding tert-OH is 2. The lowest BCUT2D eigenvalue weighted by Gasteiger charge is -2.34. The Morgan fingerprint density at radius 2 is 1.40 bits per heavy atom. The Morgan fingerprint density at radius 1 is 0.930 bits per heavy atom. The predicted octanol–water partition coefficient (Wildman–Crippen LogP) is 2.18. The van der Waals surface area contributed by atoms with Crippen LogP contribution in [0.5, 0.6) is 0 Å². The fraction of sp³-hybridized carbons (Fsp3) is 0.613. The number of benzene rings is 1. The molecule has 0 atom stereocenters. The molecule has 1 aromatic carbocycles. The molecule has 0 spiro atoms. The van der Waals surface area contributed by atoms with Crippen molar-refractivity contribution in [2.45, 2.75) is 92.5 Å². The fourth-order valence-corrected chi connectivity index (χ4v) is 2.83. The van der Waals surface area contributed by atoms with Crippen molar-refractivity contribution in [1.82, 2.24) is 10.2 Å². The number of carbonyl (C=O) groups excluding carboxylic acids is 4. The molecule has 43 heavy (non-hydrogen) atoms. The van der Waals surface area contributed by atoms with Crippen molar-refractivity contribution in [3.63, 3.8) is 0 Å². The zero-order chi connectivity index (χ0) is 33.9. The van der Waals surface area contributed by atoms with Crippen LogP contribution in [0, 0.1) is 0 Å². The second-order valence-corrected chi connectivity index (χ2v) is 10.4. The topological polar surface area (TPSA) is 195 Å². The molecule has 12 heteroatoms. The molecular weight excluding hydrogens is 556 g/mol. The van der Waals surface area contributed by atoms with Crippen LogP contribution in [0.25, 0.3) is 0 Å². The Labute approximate surface area is 257 Å². The van der Waals surface area contributed by atoms with Crippen molar-refractivity contribution in [3.05, 3.63) is 47.5 Å². The number of nitrogens with two attached hydrogens (primary N) is 2. The maximum absolute atomic E-state index is 11.5. The molecule has 4 amide bonds. The van der Waals surface area contributed by atoms with Crippen LogP contribution < -0.4 is 16.8 Å². The van der Waals surface area contributed by atoms with Crippen LogP contribution in [0.1, 0.15) is 79.4 Å². The Morgan fingerprint density at radius 3 is 1.74 bits per heavy atom. The third-order valence-corrected chi connectivity index (χ3v) is 4.92. The zero-order valence-corrected chi connectivity index (χ0v) is 27.4. The van der Waals surface area contributed by atoms with Gasteiger partial charge in [0.15, 0.2) is 0 Å². The van der Waals surface area contributed by atoms with Crippen LogP contribution in [-0.2, 0) is 41.7 Å². The van der Waals surface area contributed by atoms with Gasteiger partial charge in [-0.2, -0.15) is 0 Å². The minimum absolute atomic E-state index is 0.0799. The van der Waals surface area contributed by atoms with Gasteiger partial charge in [0, 0.05) is 18.8 Å². The second kappa shape index (κ2) is 26.5. The molecule has 0 aliphatic carbocycles. The molecule has 12 nitrogen and oxygen atoms in total. The molecule has 1 aliphatic heterocycles. The molecule has 7 N–H and O–H groups in total. The number of carbonyl (C=O) groups is 4. The van der Waals surface area contributed by atoms with E-state index in [0.717, 1.165) is 18.4 Å². The molecule has 0 radical (unpaired) electrons. The molecule has 1 aromatic rings. The van der Waals surface area contributed by atoms with E-state index < -0.39 is 11.5 Å². The van der Waals surface area contributed by atoms with E-state index in [0.29, 0.717) is 19.6 Å². The smallest absolute Gasteiger partial charge is 0.253 e. The summed E-state index contributed by atoms with van der Waals surface area (Å²) in [6.45, 7) is 17.2. The first-order chi connectivity index (χ1) is 20.1. The predicted molar refractivity (Wildman–Crippen MR) is 168 cm³/mol. The van der Waals surface area contributed by atoms with E-state index in [2.05, 4.69) is 44.5 Å². The number of ether oxygens (including phenoxy) is 2. The quantitative estimate of drug-likeness (QED) is 0.126. The third-order valence-electron chi connectivity index (χ3n) is 4.92. The molecule has 0 fully saturated rings. The van der Waals surface area contributed by atoms with Crippen LogP contribution in [0.2, 0.25) is 0 Å². The summed E-state index contributed by atoms with van der Waals surface area (Å²) in [7, 11) is 0. The number of imide groups is 1. The second-order valence-electron chi connectivity index (χ2n) is 10.4. The molecule has 0 saturated carbocycles. The molecule has 2 rings (SSSR count). The third kappa shape index (κ3) is 26.2. The van der Waals surface area contributed by atoms with Gasteiger partial charge in [-0.1, -0.05) is 58.4 Å². The first kappa shape index (κ1) is 44.3. The van der Waals surface area contributed by atoms with Gasteiger partial charge in [-0.15, -0.1) is 0 Å². The monoisotopic (exact) mass is 612 g/mol. The van der Waals surface area contributed by atoms with Crippen molar-refractivity contribution < 1.29 is 38.9 Å². The SMILES string of the molecule is CCC.CCCOC(C)(C)COC(C)(C)CN1C(=O)C=CC1=O.CCc1ccc(CO)cc1.NC(=O)CNC=O.NCO. The van der Waals surface area contributed by atoms with E-state index in [1.54, 1.807) is 0 Å². The Kier molecular flexibility index (Phi) is 27.3. The van der Waals surface area contributed by atoms with E-state index in [-0.39, 0.29) is 43.8 Å². The standard InChI is InChI=1S/C15H25NO4.C9H12O.C3H6N2O2.C3H8.CH5NO/c1-6-9-19-15(4,5)11-20-14(2,3)10-16-12(17)7-8-13(16)18;1-2-8-3-5-9(7-10)6-4-8;4-3(7)1-5-2-6;1-3-2;2-1-3/h7-8H,6,9-11H2,1-5H3;3-6,10H,2,7H2,1H3;2H,1H2,(H2,4,7)(H,5,6);3H2,1-2H3;3H,1-2H2. The van der Waals surface area contributed by atoms with E-state index >= 15 is 0 Å². The molecule has 1 heterocycles. The number of primary amides is 1. The first-order valence-electron chi connectivity index (χ1n) is 14.4. The highest BCUT2D eigenvalue weighted by atomic mass is 16.6. The normalized spacial score (nSPS) is 11.9. The van der Waals surface area contributed by atoms with Gasteiger partial charge in [0.2, 0.25) is 12.3 Å². The Balaban J connectivity index is -0.000000576. The molecule has 0 saturated heterocycles. The van der Waals surface area contributed by atoms with Gasteiger partial charge in [0.25, 0.3) is 11.8 Å². The van der Waals surface area contributed by atoms with Gasteiger partial charge in [-0.05, 0) is 51.7 Å². The summed E-state index contributed by atoms with van der Waals surface area (Å²) in [5.74, 6) is -1.10. The van der Waals surface area contributed by atoms with Gasteiger partial charge in [0.1, 0.15) is 0 Å². The number of hydrogen-bond acceptors (Lipinski definition) is 9. The molecule has 0 unspecified atom stereocenters. The molecule has 0 bridgehead atoms. The van der Waals surface area contributed by atoms with E-state index in [1.165, 1.54) is 29.0 Å². The van der Waals surface area contributed by atoms with Crippen LogP contribution in [0.15, 0.2) is 36.4 Å². The van der Waals surface area contributed by atoms with Crippen molar-refractivity contribution in [3.8, 4) is 0 Å². The van der Waals surface area contributed by atoms with Gasteiger partial charge in [0.05, 0.1) is 44.2 Å². The van der Waals surface area contributed by atoms with Crippen LogP contribution in [0.3, 0.4) is 0 Å². The van der Waals surface area contributed by atoms with Gasteiger partial charge >= 0.3 is 0 Å². The number of hydrogen-bond donors (Lipinski definition) is 5.